The molecule has 23 heavy (non-hydrogen) atoms. The van der Waals surface area contributed by atoms with Gasteiger partial charge in [0.25, 0.3) is 0 Å². The van der Waals surface area contributed by atoms with Crippen LogP contribution in [0.2, 0.25) is 0 Å². The van der Waals surface area contributed by atoms with Gasteiger partial charge in [0.15, 0.2) is 5.13 Å². The zero-order chi connectivity index (χ0) is 16.4. The Morgan fingerprint density at radius 3 is 2.57 bits per heavy atom. The highest BCUT2D eigenvalue weighted by molar-refractivity contribution is 7.15. The number of thiazole rings is 1. The summed E-state index contributed by atoms with van der Waals surface area (Å²) >= 11 is 1.41. The minimum absolute atomic E-state index is 0.0192. The van der Waals surface area contributed by atoms with Gasteiger partial charge in [-0.3, -0.25) is 13.9 Å². The van der Waals surface area contributed by atoms with E-state index in [1.165, 1.54) is 15.9 Å². The average molecular weight is 330 g/mol. The van der Waals surface area contributed by atoms with Gasteiger partial charge in [0.1, 0.15) is 6.54 Å². The number of anilines is 1. The smallest absolute Gasteiger partial charge is 0.300 e. The molecule has 0 radical (unpaired) electrons. The maximum atomic E-state index is 12.6. The van der Waals surface area contributed by atoms with Crippen molar-refractivity contribution in [3.63, 3.8) is 0 Å². The molecule has 6 nitrogen and oxygen atoms in total. The van der Waals surface area contributed by atoms with Gasteiger partial charge in [0, 0.05) is 17.6 Å². The second kappa shape index (κ2) is 6.37. The van der Waals surface area contributed by atoms with Crippen molar-refractivity contribution in [3.8, 4) is 0 Å². The van der Waals surface area contributed by atoms with Crippen LogP contribution in [0.4, 0.5) is 5.13 Å². The van der Waals surface area contributed by atoms with Crippen molar-refractivity contribution in [1.82, 2.24) is 14.1 Å². The predicted octanol–water partition coefficient (Wildman–Crippen LogP) is 2.62. The number of nitrogens with one attached hydrogen (secondary N) is 1. The van der Waals surface area contributed by atoms with E-state index in [2.05, 4.69) is 10.3 Å². The van der Waals surface area contributed by atoms with E-state index in [4.69, 9.17) is 0 Å². The van der Waals surface area contributed by atoms with Crippen LogP contribution in [0.3, 0.4) is 0 Å². The molecule has 0 unspecified atom stereocenters. The van der Waals surface area contributed by atoms with Gasteiger partial charge < -0.3 is 5.32 Å². The summed E-state index contributed by atoms with van der Waals surface area (Å²) < 4.78 is 3.23. The molecule has 0 saturated heterocycles. The van der Waals surface area contributed by atoms with Crippen molar-refractivity contribution in [2.24, 2.45) is 0 Å². The Morgan fingerprint density at radius 2 is 1.96 bits per heavy atom. The van der Waals surface area contributed by atoms with Gasteiger partial charge in [-0.25, -0.2) is 9.78 Å². The SMILES string of the molecule is CCCn1c(=O)n(CC(=O)Nc2ncc(C)s2)c2ccccc21. The van der Waals surface area contributed by atoms with Gasteiger partial charge in [-0.15, -0.1) is 11.3 Å². The molecule has 0 aliphatic rings. The summed E-state index contributed by atoms with van der Waals surface area (Å²) in [5, 5.41) is 3.30. The van der Waals surface area contributed by atoms with Gasteiger partial charge >= 0.3 is 5.69 Å². The number of fused-ring (bicyclic) bond motifs is 1. The maximum absolute atomic E-state index is 12.6. The molecule has 0 fully saturated rings. The number of nitrogens with zero attached hydrogens (tertiary/aromatic N) is 3. The molecule has 120 valence electrons. The first kappa shape index (κ1) is 15.5. The Hall–Kier alpha value is -2.41. The highest BCUT2D eigenvalue weighted by Gasteiger charge is 2.15. The zero-order valence-electron chi connectivity index (χ0n) is 13.1. The summed E-state index contributed by atoms with van der Waals surface area (Å²) in [5.41, 5.74) is 1.48. The second-order valence-corrected chi connectivity index (χ2v) is 6.57. The quantitative estimate of drug-likeness (QED) is 0.782. The van der Waals surface area contributed by atoms with E-state index in [0.717, 1.165) is 22.3 Å². The molecule has 7 heteroatoms. The minimum atomic E-state index is -0.249. The molecular formula is C16H18N4O2S. The summed E-state index contributed by atoms with van der Waals surface area (Å²) in [7, 11) is 0. The van der Waals surface area contributed by atoms with Gasteiger partial charge in [0.2, 0.25) is 5.91 Å². The Balaban J connectivity index is 1.92. The highest BCUT2D eigenvalue weighted by atomic mass is 32.1. The molecule has 0 aliphatic heterocycles. The lowest BCUT2D eigenvalue weighted by Gasteiger charge is -2.03. The molecular weight excluding hydrogens is 312 g/mol. The van der Waals surface area contributed by atoms with Gasteiger partial charge in [-0.05, 0) is 25.5 Å². The third-order valence-electron chi connectivity index (χ3n) is 3.54. The van der Waals surface area contributed by atoms with E-state index in [-0.39, 0.29) is 18.1 Å². The minimum Gasteiger partial charge on any atom is -0.300 e. The lowest BCUT2D eigenvalue weighted by Crippen LogP contribution is -2.29. The van der Waals surface area contributed by atoms with Crippen molar-refractivity contribution < 1.29 is 4.79 Å². The molecule has 0 aliphatic carbocycles. The van der Waals surface area contributed by atoms with Crippen LogP contribution in [0.15, 0.2) is 35.3 Å². The largest absolute Gasteiger partial charge is 0.329 e. The summed E-state index contributed by atoms with van der Waals surface area (Å²) in [4.78, 5) is 30.0. The Kier molecular flexibility index (Phi) is 4.29. The molecule has 0 atom stereocenters. The predicted molar refractivity (Wildman–Crippen MR) is 92.0 cm³/mol. The van der Waals surface area contributed by atoms with Crippen molar-refractivity contribution in [2.75, 3.05) is 5.32 Å². The molecule has 2 aromatic heterocycles. The Bertz CT molecular complexity index is 906. The van der Waals surface area contributed by atoms with Crippen molar-refractivity contribution in [1.29, 1.82) is 0 Å². The number of imidazole rings is 1. The fourth-order valence-corrected chi connectivity index (χ4v) is 3.26. The van der Waals surface area contributed by atoms with E-state index in [1.54, 1.807) is 10.8 Å². The Morgan fingerprint density at radius 1 is 1.26 bits per heavy atom. The van der Waals surface area contributed by atoms with Crippen LogP contribution in [0.5, 0.6) is 0 Å². The van der Waals surface area contributed by atoms with Crippen LogP contribution >= 0.6 is 11.3 Å². The zero-order valence-corrected chi connectivity index (χ0v) is 13.9. The van der Waals surface area contributed by atoms with Crippen LogP contribution in [0.25, 0.3) is 11.0 Å². The van der Waals surface area contributed by atoms with Crippen LogP contribution in [0, 0.1) is 6.92 Å². The molecule has 0 saturated carbocycles. The van der Waals surface area contributed by atoms with Crippen molar-refractivity contribution >= 4 is 33.4 Å². The van der Waals surface area contributed by atoms with Gasteiger partial charge in [-0.1, -0.05) is 19.1 Å². The number of benzene rings is 1. The van der Waals surface area contributed by atoms with Crippen LogP contribution in [-0.2, 0) is 17.9 Å². The van der Waals surface area contributed by atoms with E-state index in [1.807, 2.05) is 38.1 Å². The number of hydrogen-bond acceptors (Lipinski definition) is 4. The Labute approximate surface area is 137 Å². The molecule has 1 amide bonds. The molecule has 3 aromatic rings. The third-order valence-corrected chi connectivity index (χ3v) is 4.37. The second-order valence-electron chi connectivity index (χ2n) is 5.33. The lowest BCUT2D eigenvalue weighted by molar-refractivity contribution is -0.116. The summed E-state index contributed by atoms with van der Waals surface area (Å²) in [6.07, 6.45) is 2.57. The number of hydrogen-bond donors (Lipinski definition) is 1. The van der Waals surface area contributed by atoms with E-state index < -0.39 is 0 Å². The first-order valence-electron chi connectivity index (χ1n) is 7.50. The summed E-state index contributed by atoms with van der Waals surface area (Å²) in [6.45, 7) is 4.57. The van der Waals surface area contributed by atoms with E-state index >= 15 is 0 Å². The van der Waals surface area contributed by atoms with Crippen LogP contribution in [0.1, 0.15) is 18.2 Å². The molecule has 0 bridgehead atoms. The van der Waals surface area contributed by atoms with Crippen molar-refractivity contribution in [2.45, 2.75) is 33.4 Å². The lowest BCUT2D eigenvalue weighted by atomic mass is 10.3. The first-order chi connectivity index (χ1) is 11.1. The number of rotatable bonds is 5. The average Bonchev–Trinajstić information content (AvgIpc) is 3.04. The third kappa shape index (κ3) is 3.05. The number of aromatic nitrogens is 3. The highest BCUT2D eigenvalue weighted by Crippen LogP contribution is 2.17. The molecule has 1 N–H and O–H groups in total. The number of amides is 1. The first-order valence-corrected chi connectivity index (χ1v) is 8.32. The van der Waals surface area contributed by atoms with Crippen molar-refractivity contribution in [3.05, 3.63) is 45.8 Å². The standard InChI is InChI=1S/C16H18N4O2S/c1-3-8-19-12-6-4-5-7-13(12)20(16(19)22)10-14(21)18-15-17-9-11(2)23-15/h4-7,9H,3,8,10H2,1-2H3,(H,17,18,21). The number of aryl methyl sites for hydroxylation is 2. The molecule has 3 rings (SSSR count). The molecule has 2 heterocycles. The molecule has 0 spiro atoms. The fraction of sp³-hybridized carbons (Fsp3) is 0.312. The van der Waals surface area contributed by atoms with E-state index in [9.17, 15) is 9.59 Å². The van der Waals surface area contributed by atoms with Gasteiger partial charge in [0.05, 0.1) is 11.0 Å². The molecule has 1 aromatic carbocycles. The monoisotopic (exact) mass is 330 g/mol. The number of carbonyl (C=O) groups excluding carboxylic acids is 1. The van der Waals surface area contributed by atoms with Crippen LogP contribution < -0.4 is 11.0 Å². The van der Waals surface area contributed by atoms with Gasteiger partial charge in [-0.2, -0.15) is 0 Å². The normalized spacial score (nSPS) is 11.0. The number of carbonyl (C=O) groups is 1. The topological polar surface area (TPSA) is 68.9 Å². The summed E-state index contributed by atoms with van der Waals surface area (Å²) in [5.74, 6) is -0.249. The fourth-order valence-electron chi connectivity index (χ4n) is 2.58. The summed E-state index contributed by atoms with van der Waals surface area (Å²) in [6, 6.07) is 7.54. The number of para-hydroxylation sites is 2. The van der Waals surface area contributed by atoms with E-state index in [0.29, 0.717) is 11.7 Å². The maximum Gasteiger partial charge on any atom is 0.329 e. The van der Waals surface area contributed by atoms with Crippen LogP contribution in [-0.4, -0.2) is 20.0 Å².